The van der Waals surface area contributed by atoms with E-state index in [1.165, 1.54) is 0 Å². The Morgan fingerprint density at radius 3 is 2.47 bits per heavy atom. The van der Waals surface area contributed by atoms with Crippen molar-refractivity contribution in [2.45, 2.75) is 25.8 Å². The summed E-state index contributed by atoms with van der Waals surface area (Å²) in [6.45, 7) is 2.94. The van der Waals surface area contributed by atoms with Crippen molar-refractivity contribution in [2.75, 3.05) is 30.9 Å². The molecule has 2 N–H and O–H groups in total. The lowest BCUT2D eigenvalue weighted by Crippen LogP contribution is -2.41. The van der Waals surface area contributed by atoms with Crippen LogP contribution in [0.15, 0.2) is 24.3 Å². The van der Waals surface area contributed by atoms with Crippen molar-refractivity contribution in [3.63, 3.8) is 0 Å². The van der Waals surface area contributed by atoms with Gasteiger partial charge < -0.3 is 15.5 Å². The minimum atomic E-state index is 0.0877. The molecule has 0 saturated carbocycles. The van der Waals surface area contributed by atoms with Gasteiger partial charge in [0.25, 0.3) is 0 Å². The SMILES string of the molecule is CC1CCC(C(=O)Nc2ccc(N(C)C)cc2)CN1. The molecule has 19 heavy (non-hydrogen) atoms. The molecule has 1 heterocycles. The number of hydrogen-bond acceptors (Lipinski definition) is 3. The first-order chi connectivity index (χ1) is 9.06. The van der Waals surface area contributed by atoms with Gasteiger partial charge in [-0.1, -0.05) is 0 Å². The maximum Gasteiger partial charge on any atom is 0.228 e. The Balaban J connectivity index is 1.91. The van der Waals surface area contributed by atoms with Crippen LogP contribution in [0.2, 0.25) is 0 Å². The molecule has 2 rings (SSSR count). The second kappa shape index (κ2) is 6.06. The summed E-state index contributed by atoms with van der Waals surface area (Å²) >= 11 is 0. The highest BCUT2D eigenvalue weighted by Crippen LogP contribution is 2.19. The molecule has 0 bridgehead atoms. The third-order valence-corrected chi connectivity index (χ3v) is 3.68. The van der Waals surface area contributed by atoms with E-state index in [-0.39, 0.29) is 11.8 Å². The smallest absolute Gasteiger partial charge is 0.228 e. The first-order valence-electron chi connectivity index (χ1n) is 6.88. The van der Waals surface area contributed by atoms with E-state index < -0.39 is 0 Å². The van der Waals surface area contributed by atoms with E-state index in [0.717, 1.165) is 30.8 Å². The number of carbonyl (C=O) groups is 1. The first-order valence-corrected chi connectivity index (χ1v) is 6.88. The molecule has 0 aromatic heterocycles. The van der Waals surface area contributed by atoms with Gasteiger partial charge >= 0.3 is 0 Å². The lowest BCUT2D eigenvalue weighted by Gasteiger charge is -2.26. The largest absolute Gasteiger partial charge is 0.378 e. The van der Waals surface area contributed by atoms with Crippen molar-refractivity contribution in [2.24, 2.45) is 5.92 Å². The van der Waals surface area contributed by atoms with Crippen molar-refractivity contribution < 1.29 is 4.79 Å². The number of anilines is 2. The Kier molecular flexibility index (Phi) is 4.43. The Hall–Kier alpha value is -1.55. The lowest BCUT2D eigenvalue weighted by molar-refractivity contribution is -0.120. The molecule has 1 aromatic carbocycles. The standard InChI is InChI=1S/C15H23N3O/c1-11-4-5-12(10-16-11)15(19)17-13-6-8-14(9-7-13)18(2)3/h6-9,11-12,16H,4-5,10H2,1-3H3,(H,17,19). The molecule has 1 fully saturated rings. The molecule has 1 aliphatic heterocycles. The van der Waals surface area contributed by atoms with Gasteiger partial charge in [0.15, 0.2) is 0 Å². The van der Waals surface area contributed by atoms with Crippen LogP contribution in [-0.2, 0) is 4.79 Å². The molecular weight excluding hydrogens is 238 g/mol. The fourth-order valence-corrected chi connectivity index (χ4v) is 2.31. The quantitative estimate of drug-likeness (QED) is 0.875. The number of nitrogens with one attached hydrogen (secondary N) is 2. The molecular formula is C15H23N3O. The number of carbonyl (C=O) groups excluding carboxylic acids is 1. The van der Waals surface area contributed by atoms with Crippen molar-refractivity contribution in [1.29, 1.82) is 0 Å². The van der Waals surface area contributed by atoms with Gasteiger partial charge in [0, 0.05) is 38.1 Å². The summed E-state index contributed by atoms with van der Waals surface area (Å²) in [5.41, 5.74) is 2.00. The number of piperidine rings is 1. The summed E-state index contributed by atoms with van der Waals surface area (Å²) in [6.07, 6.45) is 2.04. The molecule has 1 saturated heterocycles. The van der Waals surface area contributed by atoms with E-state index in [0.29, 0.717) is 6.04 Å². The normalized spacial score (nSPS) is 22.9. The topological polar surface area (TPSA) is 44.4 Å². The summed E-state index contributed by atoms with van der Waals surface area (Å²) < 4.78 is 0. The van der Waals surface area contributed by atoms with Crippen LogP contribution in [0.25, 0.3) is 0 Å². The molecule has 104 valence electrons. The van der Waals surface area contributed by atoms with Gasteiger partial charge in [-0.15, -0.1) is 0 Å². The second-order valence-corrected chi connectivity index (χ2v) is 5.51. The third kappa shape index (κ3) is 3.70. The maximum atomic E-state index is 12.1. The van der Waals surface area contributed by atoms with Crippen LogP contribution in [0.3, 0.4) is 0 Å². The Morgan fingerprint density at radius 1 is 1.26 bits per heavy atom. The zero-order chi connectivity index (χ0) is 13.8. The number of hydrogen-bond donors (Lipinski definition) is 2. The van der Waals surface area contributed by atoms with Gasteiger partial charge in [0.05, 0.1) is 5.92 Å². The molecule has 4 nitrogen and oxygen atoms in total. The van der Waals surface area contributed by atoms with Crippen LogP contribution < -0.4 is 15.5 Å². The molecule has 1 amide bonds. The predicted molar refractivity (Wildman–Crippen MR) is 79.6 cm³/mol. The Bertz CT molecular complexity index is 420. The van der Waals surface area contributed by atoms with E-state index in [4.69, 9.17) is 0 Å². The average Bonchev–Trinajstić information content (AvgIpc) is 2.40. The molecule has 1 aromatic rings. The van der Waals surface area contributed by atoms with Crippen LogP contribution in [0.1, 0.15) is 19.8 Å². The lowest BCUT2D eigenvalue weighted by atomic mass is 9.95. The molecule has 0 spiro atoms. The minimum Gasteiger partial charge on any atom is -0.378 e. The fourth-order valence-electron chi connectivity index (χ4n) is 2.31. The molecule has 0 radical (unpaired) electrons. The summed E-state index contributed by atoms with van der Waals surface area (Å²) in [5, 5.41) is 6.35. The van der Waals surface area contributed by atoms with Gasteiger partial charge in [-0.3, -0.25) is 4.79 Å². The summed E-state index contributed by atoms with van der Waals surface area (Å²) in [4.78, 5) is 14.2. The summed E-state index contributed by atoms with van der Waals surface area (Å²) in [6, 6.07) is 8.45. The van der Waals surface area contributed by atoms with Crippen molar-refractivity contribution in [3.05, 3.63) is 24.3 Å². The van der Waals surface area contributed by atoms with E-state index in [9.17, 15) is 4.79 Å². The zero-order valence-electron chi connectivity index (χ0n) is 11.9. The number of benzene rings is 1. The minimum absolute atomic E-state index is 0.0877. The van der Waals surface area contributed by atoms with E-state index in [1.807, 2.05) is 43.3 Å². The highest BCUT2D eigenvalue weighted by Gasteiger charge is 2.23. The van der Waals surface area contributed by atoms with Crippen LogP contribution in [-0.4, -0.2) is 32.6 Å². The number of rotatable bonds is 3. The Labute approximate surface area is 115 Å². The number of nitrogens with zero attached hydrogens (tertiary/aromatic N) is 1. The van der Waals surface area contributed by atoms with Crippen LogP contribution >= 0.6 is 0 Å². The van der Waals surface area contributed by atoms with Gasteiger partial charge in [-0.2, -0.15) is 0 Å². The second-order valence-electron chi connectivity index (χ2n) is 5.51. The van der Waals surface area contributed by atoms with Gasteiger partial charge in [0.2, 0.25) is 5.91 Å². The molecule has 0 aliphatic carbocycles. The molecule has 4 heteroatoms. The molecule has 1 aliphatic rings. The third-order valence-electron chi connectivity index (χ3n) is 3.68. The Morgan fingerprint density at radius 2 is 1.95 bits per heavy atom. The van der Waals surface area contributed by atoms with Crippen molar-refractivity contribution in [3.8, 4) is 0 Å². The van der Waals surface area contributed by atoms with E-state index in [1.54, 1.807) is 0 Å². The summed E-state index contributed by atoms with van der Waals surface area (Å²) in [5.74, 6) is 0.210. The first kappa shape index (κ1) is 13.9. The van der Waals surface area contributed by atoms with Gasteiger partial charge in [-0.05, 0) is 44.0 Å². The van der Waals surface area contributed by atoms with Crippen molar-refractivity contribution in [1.82, 2.24) is 5.32 Å². The molecule has 2 atom stereocenters. The number of amides is 1. The van der Waals surface area contributed by atoms with Crippen LogP contribution in [0.5, 0.6) is 0 Å². The van der Waals surface area contributed by atoms with Gasteiger partial charge in [0.1, 0.15) is 0 Å². The van der Waals surface area contributed by atoms with Crippen molar-refractivity contribution >= 4 is 17.3 Å². The average molecular weight is 261 g/mol. The van der Waals surface area contributed by atoms with Crippen LogP contribution in [0.4, 0.5) is 11.4 Å². The van der Waals surface area contributed by atoms with Gasteiger partial charge in [-0.25, -0.2) is 0 Å². The molecule has 2 unspecified atom stereocenters. The highest BCUT2D eigenvalue weighted by molar-refractivity contribution is 5.92. The van der Waals surface area contributed by atoms with E-state index in [2.05, 4.69) is 17.6 Å². The monoisotopic (exact) mass is 261 g/mol. The summed E-state index contributed by atoms with van der Waals surface area (Å²) in [7, 11) is 4.00. The zero-order valence-corrected chi connectivity index (χ0v) is 11.9. The van der Waals surface area contributed by atoms with Crippen LogP contribution in [0, 0.1) is 5.92 Å². The fraction of sp³-hybridized carbons (Fsp3) is 0.533. The van der Waals surface area contributed by atoms with E-state index >= 15 is 0 Å². The maximum absolute atomic E-state index is 12.1. The highest BCUT2D eigenvalue weighted by atomic mass is 16.1. The predicted octanol–water partition coefficient (Wildman–Crippen LogP) is 2.08.